The summed E-state index contributed by atoms with van der Waals surface area (Å²) in [6.45, 7) is 7.55. The van der Waals surface area contributed by atoms with E-state index in [-0.39, 0.29) is 5.92 Å². The van der Waals surface area contributed by atoms with Crippen LogP contribution >= 0.6 is 15.9 Å². The van der Waals surface area contributed by atoms with E-state index in [1.807, 2.05) is 12.1 Å². The molecular weight excluding hydrogens is 362 g/mol. The van der Waals surface area contributed by atoms with Gasteiger partial charge in [-0.3, -0.25) is 0 Å². The lowest BCUT2D eigenvalue weighted by molar-refractivity contribution is -0.00742. The maximum absolute atomic E-state index is 12.0. The molecule has 1 saturated heterocycles. The second-order valence-corrected chi connectivity index (χ2v) is 8.17. The van der Waals surface area contributed by atoms with Gasteiger partial charge in [0, 0.05) is 22.9 Å². The first-order valence-corrected chi connectivity index (χ1v) is 9.65. The molecule has 1 N–H and O–H groups in total. The van der Waals surface area contributed by atoms with Crippen LogP contribution in [0.5, 0.6) is 0 Å². The van der Waals surface area contributed by atoms with Gasteiger partial charge in [0.05, 0.1) is 0 Å². The minimum Gasteiger partial charge on any atom is -0.380 e. The maximum Gasteiger partial charge on any atom is 0.118 e. The fourth-order valence-corrected chi connectivity index (χ4v) is 4.98. The molecule has 0 radical (unpaired) electrons. The SMILES string of the molecule is CCN1CCC2C(C1)c1ccc(C)cc1C2(O)c1ccc(Br)cc1. The minimum atomic E-state index is -0.869. The van der Waals surface area contributed by atoms with Crippen LogP contribution in [0.4, 0.5) is 0 Å². The minimum absolute atomic E-state index is 0.262. The lowest BCUT2D eigenvalue weighted by Gasteiger charge is -2.40. The zero-order valence-corrected chi connectivity index (χ0v) is 15.9. The number of fused-ring (bicyclic) bond motifs is 3. The third-order valence-electron chi connectivity index (χ3n) is 5.98. The summed E-state index contributed by atoms with van der Waals surface area (Å²) in [6.07, 6.45) is 1.04. The van der Waals surface area contributed by atoms with E-state index in [9.17, 15) is 5.11 Å². The number of likely N-dealkylation sites (tertiary alicyclic amines) is 1. The van der Waals surface area contributed by atoms with Crippen LogP contribution in [0.25, 0.3) is 0 Å². The van der Waals surface area contributed by atoms with Crippen molar-refractivity contribution in [3.63, 3.8) is 0 Å². The van der Waals surface area contributed by atoms with E-state index in [2.05, 4.69) is 65.0 Å². The molecule has 0 aromatic heterocycles. The number of halogens is 1. The third-order valence-corrected chi connectivity index (χ3v) is 6.51. The number of piperidine rings is 1. The number of benzene rings is 2. The number of aryl methyl sites for hydroxylation is 1. The van der Waals surface area contributed by atoms with Crippen molar-refractivity contribution in [1.29, 1.82) is 0 Å². The third kappa shape index (κ3) is 2.37. The summed E-state index contributed by atoms with van der Waals surface area (Å²) in [4.78, 5) is 2.51. The molecule has 2 aromatic rings. The molecule has 3 atom stereocenters. The second-order valence-electron chi connectivity index (χ2n) is 7.26. The Labute approximate surface area is 152 Å². The topological polar surface area (TPSA) is 23.5 Å². The van der Waals surface area contributed by atoms with Gasteiger partial charge in [0.15, 0.2) is 0 Å². The monoisotopic (exact) mass is 385 g/mol. The van der Waals surface area contributed by atoms with E-state index in [4.69, 9.17) is 0 Å². The average molecular weight is 386 g/mol. The molecule has 0 amide bonds. The van der Waals surface area contributed by atoms with Gasteiger partial charge >= 0.3 is 0 Å². The summed E-state index contributed by atoms with van der Waals surface area (Å²) in [6, 6.07) is 14.9. The van der Waals surface area contributed by atoms with Crippen molar-refractivity contribution in [2.24, 2.45) is 5.92 Å². The van der Waals surface area contributed by atoms with Crippen LogP contribution in [0.3, 0.4) is 0 Å². The molecule has 3 heteroatoms. The van der Waals surface area contributed by atoms with E-state index >= 15 is 0 Å². The van der Waals surface area contributed by atoms with Crippen molar-refractivity contribution >= 4 is 15.9 Å². The Morgan fingerprint density at radius 1 is 1.21 bits per heavy atom. The van der Waals surface area contributed by atoms with Crippen LogP contribution in [-0.4, -0.2) is 29.6 Å². The molecule has 0 saturated carbocycles. The summed E-state index contributed by atoms with van der Waals surface area (Å²) < 4.78 is 1.05. The molecule has 24 heavy (non-hydrogen) atoms. The average Bonchev–Trinajstić information content (AvgIpc) is 2.84. The molecule has 0 spiro atoms. The summed E-state index contributed by atoms with van der Waals surface area (Å²) in [5.41, 5.74) is 3.84. The first-order chi connectivity index (χ1) is 11.5. The highest BCUT2D eigenvalue weighted by molar-refractivity contribution is 9.10. The molecule has 2 aliphatic rings. The number of hydrogen-bond acceptors (Lipinski definition) is 2. The highest BCUT2D eigenvalue weighted by atomic mass is 79.9. The predicted molar refractivity (Wildman–Crippen MR) is 101 cm³/mol. The van der Waals surface area contributed by atoms with Crippen molar-refractivity contribution in [2.75, 3.05) is 19.6 Å². The van der Waals surface area contributed by atoms with E-state index in [0.29, 0.717) is 5.92 Å². The van der Waals surface area contributed by atoms with Gasteiger partial charge in [-0.2, -0.15) is 0 Å². The van der Waals surface area contributed by atoms with Crippen molar-refractivity contribution in [3.8, 4) is 0 Å². The lowest BCUT2D eigenvalue weighted by Crippen LogP contribution is -2.44. The van der Waals surface area contributed by atoms with Crippen LogP contribution in [-0.2, 0) is 5.60 Å². The second kappa shape index (κ2) is 5.98. The molecule has 1 aliphatic carbocycles. The Morgan fingerprint density at radius 2 is 1.96 bits per heavy atom. The zero-order chi connectivity index (χ0) is 16.9. The zero-order valence-electron chi connectivity index (χ0n) is 14.3. The summed E-state index contributed by atoms with van der Waals surface area (Å²) in [5, 5.41) is 12.0. The highest BCUT2D eigenvalue weighted by Crippen LogP contribution is 2.55. The van der Waals surface area contributed by atoms with Gasteiger partial charge in [0.1, 0.15) is 5.60 Å². The fourth-order valence-electron chi connectivity index (χ4n) is 4.72. The van der Waals surface area contributed by atoms with Crippen molar-refractivity contribution < 1.29 is 5.11 Å². The first-order valence-electron chi connectivity index (χ1n) is 8.85. The van der Waals surface area contributed by atoms with Gasteiger partial charge in [-0.05, 0) is 55.3 Å². The molecule has 2 nitrogen and oxygen atoms in total. The van der Waals surface area contributed by atoms with Crippen molar-refractivity contribution in [3.05, 3.63) is 69.2 Å². The van der Waals surface area contributed by atoms with E-state index in [1.165, 1.54) is 11.1 Å². The van der Waals surface area contributed by atoms with Crippen molar-refractivity contribution in [1.82, 2.24) is 4.90 Å². The molecule has 0 bridgehead atoms. The maximum atomic E-state index is 12.0. The predicted octanol–water partition coefficient (Wildman–Crippen LogP) is 4.43. The summed E-state index contributed by atoms with van der Waals surface area (Å²) in [7, 11) is 0. The van der Waals surface area contributed by atoms with Crippen molar-refractivity contribution in [2.45, 2.75) is 31.8 Å². The van der Waals surface area contributed by atoms with Gasteiger partial charge in [-0.1, -0.05) is 58.7 Å². The van der Waals surface area contributed by atoms with Gasteiger partial charge in [-0.25, -0.2) is 0 Å². The number of likely N-dealkylation sites (N-methyl/N-ethyl adjacent to an activating group) is 1. The van der Waals surface area contributed by atoms with E-state index in [1.54, 1.807) is 0 Å². The van der Waals surface area contributed by atoms with Gasteiger partial charge in [0.2, 0.25) is 0 Å². The number of rotatable bonds is 2. The van der Waals surface area contributed by atoms with Gasteiger partial charge < -0.3 is 10.0 Å². The smallest absolute Gasteiger partial charge is 0.118 e. The Balaban J connectivity index is 1.87. The van der Waals surface area contributed by atoms with Crippen LogP contribution in [0.15, 0.2) is 46.9 Å². The fraction of sp³-hybridized carbons (Fsp3) is 0.429. The number of aliphatic hydroxyl groups is 1. The van der Waals surface area contributed by atoms with E-state index < -0.39 is 5.60 Å². The first kappa shape index (κ1) is 16.3. The standard InChI is InChI=1S/C21H24BrNO/c1-3-23-11-10-19-18(13-23)17-9-4-14(2)12-20(17)21(19,24)15-5-7-16(22)8-6-15/h4-9,12,18-19,24H,3,10-11,13H2,1-2H3. The Hall–Kier alpha value is -1.16. The number of nitrogens with zero attached hydrogens (tertiary/aromatic N) is 1. The molecular formula is C21H24BrNO. The number of hydrogen-bond donors (Lipinski definition) is 1. The normalized spacial score (nSPS) is 29.3. The molecule has 126 valence electrons. The van der Waals surface area contributed by atoms with Gasteiger partial charge in [0.25, 0.3) is 0 Å². The lowest BCUT2D eigenvalue weighted by atomic mass is 9.74. The summed E-state index contributed by atoms with van der Waals surface area (Å²) >= 11 is 3.51. The van der Waals surface area contributed by atoms with Crippen LogP contribution in [0, 0.1) is 12.8 Å². The molecule has 1 fully saturated rings. The van der Waals surface area contributed by atoms with Crippen LogP contribution < -0.4 is 0 Å². The Morgan fingerprint density at radius 3 is 2.67 bits per heavy atom. The Kier molecular flexibility index (Phi) is 4.06. The molecule has 1 aliphatic heterocycles. The molecule has 4 rings (SSSR count). The van der Waals surface area contributed by atoms with E-state index in [0.717, 1.165) is 41.7 Å². The van der Waals surface area contributed by atoms with Gasteiger partial charge in [-0.15, -0.1) is 0 Å². The largest absolute Gasteiger partial charge is 0.380 e. The van der Waals surface area contributed by atoms with Crippen LogP contribution in [0.2, 0.25) is 0 Å². The summed E-state index contributed by atoms with van der Waals surface area (Å²) in [5.74, 6) is 0.682. The van der Waals surface area contributed by atoms with Crippen LogP contribution in [0.1, 0.15) is 41.5 Å². The molecule has 3 unspecified atom stereocenters. The Bertz CT molecular complexity index is 757. The molecule has 2 aromatic carbocycles. The molecule has 1 heterocycles. The quantitative estimate of drug-likeness (QED) is 0.825. The highest BCUT2D eigenvalue weighted by Gasteiger charge is 2.53.